The third-order valence-corrected chi connectivity index (χ3v) is 3.49. The van der Waals surface area contributed by atoms with E-state index in [0.717, 1.165) is 32.4 Å². The van der Waals surface area contributed by atoms with Crippen LogP contribution in [0.5, 0.6) is 0 Å². The van der Waals surface area contributed by atoms with Gasteiger partial charge < -0.3 is 10.1 Å². The lowest BCUT2D eigenvalue weighted by atomic mass is 9.97. The first kappa shape index (κ1) is 16.2. The zero-order chi connectivity index (χ0) is 14.1. The SMILES string of the molecule is CCCNC(c1cccc(CC)c1)C(CC)OCC. The minimum atomic E-state index is 0.253. The summed E-state index contributed by atoms with van der Waals surface area (Å²) < 4.78 is 5.92. The van der Waals surface area contributed by atoms with Crippen molar-refractivity contribution in [3.8, 4) is 0 Å². The van der Waals surface area contributed by atoms with Crippen molar-refractivity contribution >= 4 is 0 Å². The number of benzene rings is 1. The van der Waals surface area contributed by atoms with Gasteiger partial charge in [0, 0.05) is 6.61 Å². The first-order chi connectivity index (χ1) is 9.26. The number of ether oxygens (including phenoxy) is 1. The van der Waals surface area contributed by atoms with E-state index >= 15 is 0 Å². The van der Waals surface area contributed by atoms with Crippen LogP contribution in [0.25, 0.3) is 0 Å². The van der Waals surface area contributed by atoms with E-state index in [-0.39, 0.29) is 6.10 Å². The normalized spacial score (nSPS) is 14.3. The molecule has 0 radical (unpaired) electrons. The highest BCUT2D eigenvalue weighted by molar-refractivity contribution is 5.27. The van der Waals surface area contributed by atoms with Gasteiger partial charge in [-0.25, -0.2) is 0 Å². The van der Waals surface area contributed by atoms with Crippen LogP contribution in [0.4, 0.5) is 0 Å². The van der Waals surface area contributed by atoms with E-state index in [1.165, 1.54) is 11.1 Å². The van der Waals surface area contributed by atoms with Crippen molar-refractivity contribution in [2.24, 2.45) is 0 Å². The zero-order valence-corrected chi connectivity index (χ0v) is 12.9. The van der Waals surface area contributed by atoms with Crippen LogP contribution in [0.3, 0.4) is 0 Å². The summed E-state index contributed by atoms with van der Waals surface area (Å²) in [5.74, 6) is 0. The Balaban J connectivity index is 2.92. The second kappa shape index (κ2) is 9.11. The van der Waals surface area contributed by atoms with Crippen LogP contribution in [-0.4, -0.2) is 19.3 Å². The molecular formula is C17H29NO. The number of hydrogen-bond acceptors (Lipinski definition) is 2. The molecule has 0 aliphatic rings. The molecule has 0 aliphatic carbocycles. The highest BCUT2D eigenvalue weighted by Gasteiger charge is 2.21. The van der Waals surface area contributed by atoms with E-state index in [1.807, 2.05) is 0 Å². The molecule has 0 heterocycles. The maximum absolute atomic E-state index is 5.92. The molecule has 108 valence electrons. The number of nitrogens with one attached hydrogen (secondary N) is 1. The predicted molar refractivity (Wildman–Crippen MR) is 82.6 cm³/mol. The molecule has 0 aliphatic heterocycles. The van der Waals surface area contributed by atoms with Crippen molar-refractivity contribution in [1.29, 1.82) is 0 Å². The van der Waals surface area contributed by atoms with Crippen molar-refractivity contribution in [2.45, 2.75) is 59.1 Å². The van der Waals surface area contributed by atoms with Gasteiger partial charge in [-0.1, -0.05) is 45.0 Å². The summed E-state index contributed by atoms with van der Waals surface area (Å²) in [5.41, 5.74) is 2.75. The quantitative estimate of drug-likeness (QED) is 0.724. The standard InChI is InChI=1S/C17H29NO/c1-5-12-18-17(16(7-3)19-8-4)15-11-9-10-14(6-2)13-15/h9-11,13,16-18H,5-8,12H2,1-4H3. The number of aryl methyl sites for hydroxylation is 1. The van der Waals surface area contributed by atoms with Crippen molar-refractivity contribution in [3.05, 3.63) is 35.4 Å². The number of rotatable bonds is 9. The Morgan fingerprint density at radius 3 is 2.53 bits per heavy atom. The third kappa shape index (κ3) is 4.96. The van der Waals surface area contributed by atoms with E-state index in [0.29, 0.717) is 6.04 Å². The van der Waals surface area contributed by atoms with Gasteiger partial charge in [0.15, 0.2) is 0 Å². The van der Waals surface area contributed by atoms with Gasteiger partial charge in [-0.2, -0.15) is 0 Å². The maximum Gasteiger partial charge on any atom is 0.0766 e. The summed E-state index contributed by atoms with van der Waals surface area (Å²) in [6.07, 6.45) is 3.52. The molecule has 0 fully saturated rings. The van der Waals surface area contributed by atoms with Crippen molar-refractivity contribution in [3.63, 3.8) is 0 Å². The lowest BCUT2D eigenvalue weighted by molar-refractivity contribution is 0.0314. The summed E-state index contributed by atoms with van der Waals surface area (Å²) in [5, 5.41) is 3.65. The molecule has 2 unspecified atom stereocenters. The van der Waals surface area contributed by atoms with Crippen LogP contribution in [0.2, 0.25) is 0 Å². The van der Waals surface area contributed by atoms with E-state index in [4.69, 9.17) is 4.74 Å². The molecular weight excluding hydrogens is 234 g/mol. The van der Waals surface area contributed by atoms with Gasteiger partial charge in [0.05, 0.1) is 12.1 Å². The minimum absolute atomic E-state index is 0.253. The fourth-order valence-corrected chi connectivity index (χ4v) is 2.43. The lowest BCUT2D eigenvalue weighted by Crippen LogP contribution is -2.34. The molecule has 0 bridgehead atoms. The molecule has 0 aromatic heterocycles. The van der Waals surface area contributed by atoms with Gasteiger partial charge in [-0.05, 0) is 43.9 Å². The van der Waals surface area contributed by atoms with Gasteiger partial charge in [-0.3, -0.25) is 0 Å². The summed E-state index contributed by atoms with van der Waals surface area (Å²) in [7, 11) is 0. The molecule has 1 rings (SSSR count). The van der Waals surface area contributed by atoms with Crippen LogP contribution in [0, 0.1) is 0 Å². The van der Waals surface area contributed by atoms with Crippen molar-refractivity contribution in [2.75, 3.05) is 13.2 Å². The summed E-state index contributed by atoms with van der Waals surface area (Å²) in [4.78, 5) is 0. The zero-order valence-electron chi connectivity index (χ0n) is 12.9. The van der Waals surface area contributed by atoms with E-state index in [9.17, 15) is 0 Å². The van der Waals surface area contributed by atoms with E-state index in [2.05, 4.69) is 57.3 Å². The fourth-order valence-electron chi connectivity index (χ4n) is 2.43. The van der Waals surface area contributed by atoms with Crippen LogP contribution in [0.15, 0.2) is 24.3 Å². The molecule has 0 saturated carbocycles. The first-order valence-corrected chi connectivity index (χ1v) is 7.70. The molecule has 1 aromatic rings. The molecule has 19 heavy (non-hydrogen) atoms. The van der Waals surface area contributed by atoms with Crippen LogP contribution < -0.4 is 5.32 Å². The smallest absolute Gasteiger partial charge is 0.0766 e. The average molecular weight is 263 g/mol. The second-order valence-corrected chi connectivity index (χ2v) is 4.93. The Bertz CT molecular complexity index is 351. The van der Waals surface area contributed by atoms with Gasteiger partial charge in [0.1, 0.15) is 0 Å². The van der Waals surface area contributed by atoms with Crippen LogP contribution in [0.1, 0.15) is 57.7 Å². The molecule has 1 N–H and O–H groups in total. The highest BCUT2D eigenvalue weighted by atomic mass is 16.5. The topological polar surface area (TPSA) is 21.3 Å². The van der Waals surface area contributed by atoms with Gasteiger partial charge in [-0.15, -0.1) is 0 Å². The summed E-state index contributed by atoms with van der Waals surface area (Å²) in [6, 6.07) is 9.19. The molecule has 0 spiro atoms. The average Bonchev–Trinajstić information content (AvgIpc) is 2.46. The molecule has 0 saturated heterocycles. The first-order valence-electron chi connectivity index (χ1n) is 7.70. The summed E-state index contributed by atoms with van der Waals surface area (Å²) >= 11 is 0. The molecule has 2 nitrogen and oxygen atoms in total. The maximum atomic E-state index is 5.92. The second-order valence-electron chi connectivity index (χ2n) is 4.93. The van der Waals surface area contributed by atoms with Crippen molar-refractivity contribution in [1.82, 2.24) is 5.32 Å². The Kier molecular flexibility index (Phi) is 7.76. The predicted octanol–water partition coefficient (Wildman–Crippen LogP) is 4.10. The molecule has 1 aromatic carbocycles. The molecule has 0 amide bonds. The Labute approximate surface area is 118 Å². The Morgan fingerprint density at radius 1 is 1.16 bits per heavy atom. The number of hydrogen-bond donors (Lipinski definition) is 1. The minimum Gasteiger partial charge on any atom is -0.377 e. The largest absolute Gasteiger partial charge is 0.377 e. The molecule has 2 heteroatoms. The van der Waals surface area contributed by atoms with Gasteiger partial charge in [0.25, 0.3) is 0 Å². The van der Waals surface area contributed by atoms with E-state index < -0.39 is 0 Å². The lowest BCUT2D eigenvalue weighted by Gasteiger charge is -2.28. The highest BCUT2D eigenvalue weighted by Crippen LogP contribution is 2.23. The van der Waals surface area contributed by atoms with E-state index in [1.54, 1.807) is 0 Å². The Hall–Kier alpha value is -0.860. The van der Waals surface area contributed by atoms with Crippen LogP contribution in [-0.2, 0) is 11.2 Å². The van der Waals surface area contributed by atoms with Crippen LogP contribution >= 0.6 is 0 Å². The fraction of sp³-hybridized carbons (Fsp3) is 0.647. The van der Waals surface area contributed by atoms with Gasteiger partial charge >= 0.3 is 0 Å². The van der Waals surface area contributed by atoms with Crippen molar-refractivity contribution < 1.29 is 4.74 Å². The monoisotopic (exact) mass is 263 g/mol. The van der Waals surface area contributed by atoms with Gasteiger partial charge in [0.2, 0.25) is 0 Å². The Morgan fingerprint density at radius 2 is 1.95 bits per heavy atom. The summed E-state index contributed by atoms with van der Waals surface area (Å²) in [6.45, 7) is 10.5. The molecule has 2 atom stereocenters. The third-order valence-electron chi connectivity index (χ3n) is 3.49.